The molecule has 0 spiro atoms. The van der Waals surface area contributed by atoms with Gasteiger partial charge >= 0.3 is 12.1 Å². The molecule has 0 aromatic heterocycles. The van der Waals surface area contributed by atoms with Crippen molar-refractivity contribution in [3.63, 3.8) is 0 Å². The quantitative estimate of drug-likeness (QED) is 0.649. The van der Waals surface area contributed by atoms with Crippen LogP contribution < -0.4 is 5.32 Å². The van der Waals surface area contributed by atoms with Crippen LogP contribution in [0.25, 0.3) is 11.1 Å². The van der Waals surface area contributed by atoms with Crippen molar-refractivity contribution in [3.8, 4) is 11.1 Å². The summed E-state index contributed by atoms with van der Waals surface area (Å²) in [4.78, 5) is 38.1. The number of morpholine rings is 1. The van der Waals surface area contributed by atoms with Crippen LogP contribution in [0.3, 0.4) is 0 Å². The lowest BCUT2D eigenvalue weighted by Crippen LogP contribution is -2.51. The number of nitrogens with one attached hydrogen (secondary N) is 1. The van der Waals surface area contributed by atoms with Crippen molar-refractivity contribution >= 4 is 18.0 Å². The van der Waals surface area contributed by atoms with Crippen LogP contribution in [0.2, 0.25) is 0 Å². The van der Waals surface area contributed by atoms with Gasteiger partial charge in [-0.3, -0.25) is 9.59 Å². The summed E-state index contributed by atoms with van der Waals surface area (Å²) < 4.78 is 11.0. The second-order valence-corrected chi connectivity index (χ2v) is 8.92. The average Bonchev–Trinajstić information content (AvgIpc) is 3.15. The molecule has 2 aliphatic rings. The number of alkyl carbamates (subject to hydrolysis) is 1. The summed E-state index contributed by atoms with van der Waals surface area (Å²) in [7, 11) is 0. The first-order valence-corrected chi connectivity index (χ1v) is 11.6. The molecule has 1 fully saturated rings. The molecule has 2 amide bonds. The zero-order valence-corrected chi connectivity index (χ0v) is 19.4. The minimum Gasteiger partial charge on any atom is -0.481 e. The molecule has 3 atom stereocenters. The van der Waals surface area contributed by atoms with Crippen LogP contribution in [0, 0.1) is 5.92 Å². The molecular formula is C26H30N2O6. The molecule has 180 valence electrons. The fourth-order valence-electron chi connectivity index (χ4n) is 4.69. The van der Waals surface area contributed by atoms with E-state index < -0.39 is 30.1 Å². The summed E-state index contributed by atoms with van der Waals surface area (Å²) in [6.07, 6.45) is -1.24. The first kappa shape index (κ1) is 23.8. The van der Waals surface area contributed by atoms with Gasteiger partial charge in [-0.25, -0.2) is 4.79 Å². The number of ether oxygens (including phenoxy) is 2. The Morgan fingerprint density at radius 1 is 1.09 bits per heavy atom. The van der Waals surface area contributed by atoms with Crippen LogP contribution in [0.5, 0.6) is 0 Å². The van der Waals surface area contributed by atoms with E-state index in [-0.39, 0.29) is 31.4 Å². The smallest absolute Gasteiger partial charge is 0.407 e. The summed E-state index contributed by atoms with van der Waals surface area (Å²) in [5.41, 5.74) is 4.59. The van der Waals surface area contributed by atoms with E-state index in [2.05, 4.69) is 29.6 Å². The Kier molecular flexibility index (Phi) is 7.17. The summed E-state index contributed by atoms with van der Waals surface area (Å²) in [6, 6.07) is 15.8. The van der Waals surface area contributed by atoms with E-state index in [1.165, 1.54) is 0 Å². The standard InChI is InChI=1S/C26H30N2O6/c1-16(25(31)28-11-12-33-18(14-28)13-24(29)30)17(2)27-26(32)34-15-23-21-9-5-3-7-19(21)20-8-4-6-10-22(20)23/h3-10,16-18,23H,11-15H2,1-2H3,(H,27,32)(H,29,30). The maximum absolute atomic E-state index is 12.9. The van der Waals surface area contributed by atoms with E-state index in [1.807, 2.05) is 24.3 Å². The van der Waals surface area contributed by atoms with Gasteiger partial charge in [-0.05, 0) is 29.2 Å². The molecular weight excluding hydrogens is 436 g/mol. The van der Waals surface area contributed by atoms with Gasteiger partial charge in [0.25, 0.3) is 0 Å². The fourth-order valence-corrected chi connectivity index (χ4v) is 4.69. The zero-order chi connectivity index (χ0) is 24.2. The predicted molar refractivity (Wildman–Crippen MR) is 125 cm³/mol. The third kappa shape index (κ3) is 5.07. The molecule has 8 nitrogen and oxygen atoms in total. The second kappa shape index (κ2) is 10.3. The number of aliphatic carboxylic acids is 1. The van der Waals surface area contributed by atoms with Crippen molar-refractivity contribution in [2.45, 2.75) is 38.3 Å². The number of rotatable bonds is 7. The van der Waals surface area contributed by atoms with Crippen LogP contribution in [-0.4, -0.2) is 66.4 Å². The SMILES string of the molecule is CC(NC(=O)OCC1c2ccccc2-c2ccccc21)C(C)C(=O)N1CCOC(CC(=O)O)C1. The molecule has 1 aliphatic heterocycles. The van der Waals surface area contributed by atoms with Crippen molar-refractivity contribution in [1.29, 1.82) is 0 Å². The molecule has 4 rings (SSSR count). The molecule has 0 saturated carbocycles. The molecule has 3 unspecified atom stereocenters. The van der Waals surface area contributed by atoms with Crippen molar-refractivity contribution in [1.82, 2.24) is 10.2 Å². The molecule has 2 N–H and O–H groups in total. The van der Waals surface area contributed by atoms with Gasteiger partial charge in [0.05, 0.1) is 25.0 Å². The van der Waals surface area contributed by atoms with Crippen molar-refractivity contribution in [3.05, 3.63) is 59.7 Å². The number of carboxylic acid groups (broad SMARTS) is 1. The van der Waals surface area contributed by atoms with Crippen molar-refractivity contribution in [2.75, 3.05) is 26.3 Å². The number of amides is 2. The second-order valence-electron chi connectivity index (χ2n) is 8.92. The minimum absolute atomic E-state index is 0.0352. The Bertz CT molecular complexity index is 1030. The molecule has 0 radical (unpaired) electrons. The Morgan fingerprint density at radius 3 is 2.32 bits per heavy atom. The zero-order valence-electron chi connectivity index (χ0n) is 19.4. The Labute approximate surface area is 198 Å². The summed E-state index contributed by atoms with van der Waals surface area (Å²) in [5, 5.41) is 11.8. The van der Waals surface area contributed by atoms with E-state index in [0.29, 0.717) is 13.2 Å². The normalized spacial score (nSPS) is 19.0. The summed E-state index contributed by atoms with van der Waals surface area (Å²) in [5.74, 6) is -1.64. The van der Waals surface area contributed by atoms with Gasteiger partial charge in [0.1, 0.15) is 6.61 Å². The van der Waals surface area contributed by atoms with E-state index in [0.717, 1.165) is 22.3 Å². The largest absolute Gasteiger partial charge is 0.481 e. The number of fused-ring (bicyclic) bond motifs is 3. The van der Waals surface area contributed by atoms with Gasteiger partial charge < -0.3 is 24.8 Å². The number of hydrogen-bond acceptors (Lipinski definition) is 5. The Balaban J connectivity index is 1.32. The van der Waals surface area contributed by atoms with E-state index in [4.69, 9.17) is 14.6 Å². The number of hydrogen-bond donors (Lipinski definition) is 2. The Hall–Kier alpha value is -3.39. The fraction of sp³-hybridized carbons (Fsp3) is 0.423. The lowest BCUT2D eigenvalue weighted by molar-refractivity contribution is -0.150. The van der Waals surface area contributed by atoms with Crippen molar-refractivity contribution < 1.29 is 29.0 Å². The van der Waals surface area contributed by atoms with Crippen LogP contribution >= 0.6 is 0 Å². The molecule has 34 heavy (non-hydrogen) atoms. The highest BCUT2D eigenvalue weighted by molar-refractivity contribution is 5.81. The predicted octanol–water partition coefficient (Wildman–Crippen LogP) is 3.25. The lowest BCUT2D eigenvalue weighted by Gasteiger charge is -2.35. The topological polar surface area (TPSA) is 105 Å². The van der Waals surface area contributed by atoms with Crippen LogP contribution in [-0.2, 0) is 19.1 Å². The highest BCUT2D eigenvalue weighted by Gasteiger charge is 2.32. The number of carboxylic acids is 1. The number of nitrogens with zero attached hydrogens (tertiary/aromatic N) is 1. The van der Waals surface area contributed by atoms with Gasteiger partial charge in [0.2, 0.25) is 5.91 Å². The molecule has 1 heterocycles. The molecule has 1 aliphatic carbocycles. The first-order chi connectivity index (χ1) is 16.3. The van der Waals surface area contributed by atoms with Crippen LogP contribution in [0.15, 0.2) is 48.5 Å². The van der Waals surface area contributed by atoms with Crippen molar-refractivity contribution in [2.24, 2.45) is 5.92 Å². The molecule has 2 aromatic rings. The van der Waals surface area contributed by atoms with Gasteiger partial charge in [-0.1, -0.05) is 55.5 Å². The lowest BCUT2D eigenvalue weighted by atomic mass is 9.98. The van der Waals surface area contributed by atoms with Gasteiger partial charge in [0.15, 0.2) is 0 Å². The van der Waals surface area contributed by atoms with Crippen LogP contribution in [0.4, 0.5) is 4.79 Å². The van der Waals surface area contributed by atoms with E-state index in [9.17, 15) is 14.4 Å². The van der Waals surface area contributed by atoms with E-state index in [1.54, 1.807) is 18.7 Å². The minimum atomic E-state index is -0.961. The van der Waals surface area contributed by atoms with Gasteiger partial charge in [0, 0.05) is 25.0 Å². The van der Waals surface area contributed by atoms with E-state index >= 15 is 0 Å². The molecule has 1 saturated heterocycles. The molecule has 8 heteroatoms. The number of carbonyl (C=O) groups excluding carboxylic acids is 2. The third-order valence-corrected chi connectivity index (χ3v) is 6.68. The molecule has 0 bridgehead atoms. The summed E-state index contributed by atoms with van der Waals surface area (Å²) in [6.45, 7) is 4.64. The van der Waals surface area contributed by atoms with Crippen LogP contribution in [0.1, 0.15) is 37.3 Å². The maximum Gasteiger partial charge on any atom is 0.407 e. The monoisotopic (exact) mass is 466 g/mol. The highest BCUT2D eigenvalue weighted by atomic mass is 16.5. The van der Waals surface area contributed by atoms with Gasteiger partial charge in [-0.2, -0.15) is 0 Å². The average molecular weight is 467 g/mol. The maximum atomic E-state index is 12.9. The first-order valence-electron chi connectivity index (χ1n) is 11.6. The summed E-state index contributed by atoms with van der Waals surface area (Å²) >= 11 is 0. The number of carbonyl (C=O) groups is 3. The number of benzene rings is 2. The molecule has 2 aromatic carbocycles. The highest BCUT2D eigenvalue weighted by Crippen LogP contribution is 2.44. The van der Waals surface area contributed by atoms with Gasteiger partial charge in [-0.15, -0.1) is 0 Å². The Morgan fingerprint density at radius 2 is 1.71 bits per heavy atom. The third-order valence-electron chi connectivity index (χ3n) is 6.68.